The third-order valence-electron chi connectivity index (χ3n) is 5.62. The molecule has 31 heavy (non-hydrogen) atoms. The number of aliphatic hydroxyl groups is 1. The molecule has 2 aliphatic rings. The van der Waals surface area contributed by atoms with Gasteiger partial charge in [-0.15, -0.1) is 0 Å². The Hall–Kier alpha value is -3.87. The molecule has 0 spiro atoms. The van der Waals surface area contributed by atoms with Gasteiger partial charge < -0.3 is 19.2 Å². The number of hydrogen-bond acceptors (Lipinski definition) is 6. The molecule has 2 unspecified atom stereocenters. The van der Waals surface area contributed by atoms with Gasteiger partial charge in [-0.1, -0.05) is 6.07 Å². The number of likely N-dealkylation sites (tertiary alicyclic amines) is 1. The Morgan fingerprint density at radius 1 is 1.23 bits per heavy atom. The second-order valence-corrected chi connectivity index (χ2v) is 7.75. The minimum atomic E-state index is -0.776. The molecule has 1 N–H and O–H groups in total. The zero-order chi connectivity index (χ0) is 21.5. The topological polar surface area (TPSA) is 92.9 Å². The molecule has 2 aromatic heterocycles. The number of ketones is 1. The molecular weight excluding hydrogens is 396 g/mol. The second-order valence-electron chi connectivity index (χ2n) is 7.75. The Balaban J connectivity index is 1.62. The van der Waals surface area contributed by atoms with Gasteiger partial charge in [0.15, 0.2) is 0 Å². The summed E-state index contributed by atoms with van der Waals surface area (Å²) in [6.45, 7) is 2.07. The highest BCUT2D eigenvalue weighted by Crippen LogP contribution is 2.41. The summed E-state index contributed by atoms with van der Waals surface area (Å²) >= 11 is 0. The van der Waals surface area contributed by atoms with Crippen LogP contribution >= 0.6 is 0 Å². The van der Waals surface area contributed by atoms with E-state index in [1.54, 1.807) is 48.8 Å². The smallest absolute Gasteiger partial charge is 0.296 e. The standard InChI is InChI=1S/C24H20N2O5/c1-14-10-17-11-15(6-7-19(17)31-14)22(27)20-21(16-4-2-8-25-12-16)26(24(29)23(20)28)13-18-5-3-9-30-18/h2-9,11-12,14,21,27H,10,13H2,1H3/b22-20-. The monoisotopic (exact) mass is 416 g/mol. The number of aromatic nitrogens is 1. The Labute approximate surface area is 178 Å². The molecule has 0 saturated carbocycles. The predicted molar refractivity (Wildman–Crippen MR) is 111 cm³/mol. The summed E-state index contributed by atoms with van der Waals surface area (Å²) in [6, 6.07) is 11.5. The highest BCUT2D eigenvalue weighted by atomic mass is 16.5. The fraction of sp³-hybridized carbons (Fsp3) is 0.208. The molecule has 7 heteroatoms. The summed E-state index contributed by atoms with van der Waals surface area (Å²) in [7, 11) is 0. The minimum Gasteiger partial charge on any atom is -0.507 e. The highest BCUT2D eigenvalue weighted by Gasteiger charge is 2.46. The lowest BCUT2D eigenvalue weighted by Crippen LogP contribution is -2.29. The van der Waals surface area contributed by atoms with Crippen LogP contribution in [0.1, 0.15) is 35.4 Å². The number of fused-ring (bicyclic) bond motifs is 1. The normalized spacial score (nSPS) is 21.9. The average Bonchev–Trinajstić information content (AvgIpc) is 3.48. The molecule has 4 heterocycles. The van der Waals surface area contributed by atoms with Gasteiger partial charge in [-0.05, 0) is 54.4 Å². The van der Waals surface area contributed by atoms with E-state index in [4.69, 9.17) is 9.15 Å². The van der Waals surface area contributed by atoms with Crippen molar-refractivity contribution in [2.75, 3.05) is 0 Å². The van der Waals surface area contributed by atoms with E-state index in [2.05, 4.69) is 4.98 Å². The maximum atomic E-state index is 13.0. The first-order valence-electron chi connectivity index (χ1n) is 10.0. The molecule has 2 aliphatic heterocycles. The summed E-state index contributed by atoms with van der Waals surface area (Å²) in [4.78, 5) is 31.5. The van der Waals surface area contributed by atoms with E-state index in [1.165, 1.54) is 11.2 Å². The van der Waals surface area contributed by atoms with Crippen LogP contribution in [0.3, 0.4) is 0 Å². The van der Waals surface area contributed by atoms with E-state index in [-0.39, 0.29) is 24.0 Å². The minimum absolute atomic E-state index is 0.0384. The number of furan rings is 1. The molecular formula is C24H20N2O5. The average molecular weight is 416 g/mol. The van der Waals surface area contributed by atoms with E-state index < -0.39 is 17.7 Å². The molecule has 3 aromatic rings. The van der Waals surface area contributed by atoms with Gasteiger partial charge >= 0.3 is 0 Å². The third kappa shape index (κ3) is 3.28. The lowest BCUT2D eigenvalue weighted by atomic mass is 9.95. The summed E-state index contributed by atoms with van der Waals surface area (Å²) in [5.74, 6) is -0.324. The third-order valence-corrected chi connectivity index (χ3v) is 5.62. The SMILES string of the molecule is CC1Cc2cc(/C(O)=C3/C(=O)C(=O)N(Cc4ccco4)C3c3cccnc3)ccc2O1. The van der Waals surface area contributed by atoms with E-state index in [0.29, 0.717) is 16.9 Å². The number of carbonyl (C=O) groups excluding carboxylic acids is 2. The van der Waals surface area contributed by atoms with Crippen molar-refractivity contribution in [2.24, 2.45) is 0 Å². The Morgan fingerprint density at radius 3 is 2.84 bits per heavy atom. The van der Waals surface area contributed by atoms with Crippen molar-refractivity contribution < 1.29 is 23.8 Å². The number of benzene rings is 1. The number of nitrogens with zero attached hydrogens (tertiary/aromatic N) is 2. The quantitative estimate of drug-likeness (QED) is 0.397. The van der Waals surface area contributed by atoms with Gasteiger partial charge in [-0.2, -0.15) is 0 Å². The van der Waals surface area contributed by atoms with E-state index in [0.717, 1.165) is 17.7 Å². The molecule has 2 atom stereocenters. The summed E-state index contributed by atoms with van der Waals surface area (Å²) in [5.41, 5.74) is 2.10. The van der Waals surface area contributed by atoms with Gasteiger partial charge in [-0.3, -0.25) is 14.6 Å². The molecule has 0 bridgehead atoms. The van der Waals surface area contributed by atoms with Crippen molar-refractivity contribution in [3.05, 3.63) is 89.1 Å². The van der Waals surface area contributed by atoms with Gasteiger partial charge in [0.1, 0.15) is 23.4 Å². The van der Waals surface area contributed by atoms with Gasteiger partial charge in [0.25, 0.3) is 11.7 Å². The van der Waals surface area contributed by atoms with E-state index >= 15 is 0 Å². The summed E-state index contributed by atoms with van der Waals surface area (Å²) < 4.78 is 11.1. The molecule has 7 nitrogen and oxygen atoms in total. The predicted octanol–water partition coefficient (Wildman–Crippen LogP) is 3.62. The molecule has 5 rings (SSSR count). The molecule has 0 aliphatic carbocycles. The summed E-state index contributed by atoms with van der Waals surface area (Å²) in [6.07, 6.45) is 5.50. The van der Waals surface area contributed by atoms with Gasteiger partial charge in [0, 0.05) is 24.4 Å². The number of ether oxygens (including phenoxy) is 1. The molecule has 1 aromatic carbocycles. The summed E-state index contributed by atoms with van der Waals surface area (Å²) in [5, 5.41) is 11.2. The molecule has 1 amide bonds. The lowest BCUT2D eigenvalue weighted by molar-refractivity contribution is -0.140. The molecule has 0 radical (unpaired) electrons. The first kappa shape index (κ1) is 19.1. The van der Waals surface area contributed by atoms with Crippen LogP contribution in [0.4, 0.5) is 0 Å². The number of pyridine rings is 1. The van der Waals surface area contributed by atoms with Crippen LogP contribution in [0.15, 0.2) is 71.1 Å². The Morgan fingerprint density at radius 2 is 2.10 bits per heavy atom. The molecule has 1 fully saturated rings. The Bertz CT molecular complexity index is 1180. The number of Topliss-reactive ketones (excluding diaryl/α,β-unsaturated/α-hetero) is 1. The maximum absolute atomic E-state index is 13.0. The fourth-order valence-electron chi connectivity index (χ4n) is 4.22. The van der Waals surface area contributed by atoms with Gasteiger partial charge in [0.2, 0.25) is 0 Å². The van der Waals surface area contributed by atoms with E-state index in [9.17, 15) is 14.7 Å². The Kier molecular flexibility index (Phi) is 4.58. The van der Waals surface area contributed by atoms with Crippen LogP contribution in [-0.2, 0) is 22.6 Å². The second kappa shape index (κ2) is 7.43. The van der Waals surface area contributed by atoms with Gasteiger partial charge in [-0.25, -0.2) is 0 Å². The van der Waals surface area contributed by atoms with Crippen LogP contribution in [0, 0.1) is 0 Å². The van der Waals surface area contributed by atoms with Crippen LogP contribution in [0.2, 0.25) is 0 Å². The van der Waals surface area contributed by atoms with Crippen LogP contribution in [0.5, 0.6) is 5.75 Å². The van der Waals surface area contributed by atoms with E-state index in [1.807, 2.05) is 13.0 Å². The zero-order valence-corrected chi connectivity index (χ0v) is 16.8. The fourth-order valence-corrected chi connectivity index (χ4v) is 4.22. The lowest BCUT2D eigenvalue weighted by Gasteiger charge is -2.24. The number of aliphatic hydroxyl groups excluding tert-OH is 1. The van der Waals surface area contributed by atoms with Crippen LogP contribution in [0.25, 0.3) is 5.76 Å². The number of amides is 1. The molecule has 156 valence electrons. The van der Waals surface area contributed by atoms with Crippen molar-refractivity contribution in [1.82, 2.24) is 9.88 Å². The highest BCUT2D eigenvalue weighted by molar-refractivity contribution is 6.46. The van der Waals surface area contributed by atoms with Gasteiger partial charge in [0.05, 0.1) is 24.4 Å². The van der Waals surface area contributed by atoms with Crippen LogP contribution < -0.4 is 4.74 Å². The van der Waals surface area contributed by atoms with Crippen molar-refractivity contribution in [2.45, 2.75) is 32.0 Å². The van der Waals surface area contributed by atoms with Crippen molar-refractivity contribution in [1.29, 1.82) is 0 Å². The maximum Gasteiger partial charge on any atom is 0.296 e. The van der Waals surface area contributed by atoms with Crippen molar-refractivity contribution in [3.8, 4) is 5.75 Å². The zero-order valence-electron chi connectivity index (χ0n) is 16.8. The largest absolute Gasteiger partial charge is 0.507 e. The van der Waals surface area contributed by atoms with Crippen LogP contribution in [-0.4, -0.2) is 32.8 Å². The number of hydrogen-bond donors (Lipinski definition) is 1. The first-order valence-corrected chi connectivity index (χ1v) is 10.0. The number of rotatable bonds is 4. The first-order chi connectivity index (χ1) is 15.0. The number of carbonyl (C=O) groups is 2. The van der Waals surface area contributed by atoms with Crippen molar-refractivity contribution in [3.63, 3.8) is 0 Å². The molecule has 1 saturated heterocycles. The van der Waals surface area contributed by atoms with Crippen molar-refractivity contribution >= 4 is 17.4 Å².